The molecule has 0 bridgehead atoms. The summed E-state index contributed by atoms with van der Waals surface area (Å²) in [5, 5.41) is 0.00889. The maximum absolute atomic E-state index is 9.66. The predicted molar refractivity (Wildman–Crippen MR) is 24.5 cm³/mol. The topological polar surface area (TPSA) is 38.5 Å². The van der Waals surface area contributed by atoms with E-state index >= 15 is 0 Å². The molecule has 0 aromatic carbocycles. The average Bonchev–Trinajstić information content (AvgIpc) is 1.65. The van der Waals surface area contributed by atoms with Crippen LogP contribution >= 0.6 is 0 Å². The summed E-state index contributed by atoms with van der Waals surface area (Å²) in [6.45, 7) is 0. The van der Waals surface area contributed by atoms with Gasteiger partial charge in [-0.05, 0) is 0 Å². The molecule has 0 aliphatic rings. The molecule has 0 amide bonds. The van der Waals surface area contributed by atoms with Gasteiger partial charge in [0.05, 0.1) is 0 Å². The van der Waals surface area contributed by atoms with Crippen LogP contribution in [0, 0.1) is 4.91 Å². The van der Waals surface area contributed by atoms with E-state index in [4.69, 9.17) is 0 Å². The van der Waals surface area contributed by atoms with Crippen molar-refractivity contribution in [2.24, 2.45) is 0 Å². The molecule has 0 atom stereocenters. The predicted octanol–water partition coefficient (Wildman–Crippen LogP) is -1.85. The van der Waals surface area contributed by atoms with Crippen molar-refractivity contribution < 1.29 is 11.5 Å². The molecule has 0 aliphatic carbocycles. The average molecular weight is 446 g/mol. The summed E-state index contributed by atoms with van der Waals surface area (Å²) in [5.41, 5.74) is 0. The number of hydrogen-bond donors (Lipinski definition) is 0. The third-order valence-corrected chi connectivity index (χ3v) is 0.816. The van der Waals surface area contributed by atoms with Crippen molar-refractivity contribution >= 4 is 69.1 Å². The molecule has 0 saturated heterocycles. The minimum absolute atomic E-state index is 0. The number of hydrogen-bond acceptors (Lipinski definition) is 3. The summed E-state index contributed by atoms with van der Waals surface area (Å²) in [4.78, 5) is 9.66. The quantitative estimate of drug-likeness (QED) is 0.370. The first kappa shape index (κ1) is 11.4. The molecule has 0 N–H and O–H groups in total. The summed E-state index contributed by atoms with van der Waals surface area (Å²) in [6, 6.07) is 0. The second kappa shape index (κ2) is 7.57. The molecule has 41 valence electrons. The van der Waals surface area contributed by atoms with Gasteiger partial charge in [-0.25, -0.2) is 0 Å². The molecule has 0 spiro atoms. The monoisotopic (exact) mass is 453 g/mol. The molecule has 0 heterocycles. The van der Waals surface area contributed by atoms with Gasteiger partial charge in [-0.2, -0.15) is 0 Å². The van der Waals surface area contributed by atoms with Crippen LogP contribution in [0.1, 0.15) is 0 Å². The van der Waals surface area contributed by atoms with Crippen molar-refractivity contribution in [3.8, 4) is 0 Å². The van der Waals surface area contributed by atoms with Crippen LogP contribution in [0.3, 0.4) is 0 Å². The van der Waals surface area contributed by atoms with E-state index in [1.54, 1.807) is 0 Å². The molecule has 3 radical (unpaired) electrons. The van der Waals surface area contributed by atoms with E-state index in [2.05, 4.69) is 6.40 Å². The van der Waals surface area contributed by atoms with Gasteiger partial charge in [-0.3, -0.25) is 0 Å². The van der Waals surface area contributed by atoms with Crippen LogP contribution in [0.15, 0.2) is 0 Å². The third kappa shape index (κ3) is 7.57. The Kier molecular flexibility index (Phi) is 12.3. The molecular weight excluding hydrogens is 445 g/mol. The summed E-state index contributed by atoms with van der Waals surface area (Å²) < 4.78 is 7.93. The van der Waals surface area contributed by atoms with Crippen molar-refractivity contribution in [1.82, 2.24) is 0 Å². The van der Waals surface area contributed by atoms with E-state index in [0.717, 1.165) is 45.4 Å². The van der Waals surface area contributed by atoms with E-state index in [-0.39, 0.29) is 28.8 Å². The fourth-order valence-corrected chi connectivity index (χ4v) is 0.559. The fraction of sp³-hybridized carbons (Fsp3) is 0. The van der Waals surface area contributed by atoms with Crippen LogP contribution < -0.4 is 0 Å². The number of rotatable bonds is 2. The molecule has 0 saturated carbocycles. The van der Waals surface area contributed by atoms with E-state index in [0.29, 0.717) is 0 Å². The van der Waals surface area contributed by atoms with Crippen molar-refractivity contribution in [3.63, 3.8) is 0 Å². The van der Waals surface area contributed by atoms with E-state index in [9.17, 15) is 4.91 Å². The van der Waals surface area contributed by atoms with Crippen LogP contribution in [-0.4, -0.2) is 74.2 Å². The second-order valence-electron chi connectivity index (χ2n) is 0.373. The Morgan fingerprint density at radius 2 is 1.57 bits per heavy atom. The van der Waals surface area contributed by atoms with Gasteiger partial charge in [-0.1, -0.05) is 0 Å². The molecular formula is HNO3Te3+. The van der Waals surface area contributed by atoms with Gasteiger partial charge in [0.2, 0.25) is 0 Å². The van der Waals surface area contributed by atoms with Gasteiger partial charge in [0.15, 0.2) is 0 Å². The minimum atomic E-state index is 0. The molecule has 0 aromatic heterocycles. The van der Waals surface area contributed by atoms with Crippen LogP contribution in [0.4, 0.5) is 0 Å². The maximum atomic E-state index is 9.66. The van der Waals surface area contributed by atoms with Crippen molar-refractivity contribution in [2.75, 3.05) is 0 Å². The zero-order valence-electron chi connectivity index (χ0n) is 2.94. The van der Waals surface area contributed by atoms with E-state index in [1.807, 2.05) is 0 Å². The van der Waals surface area contributed by atoms with Gasteiger partial charge in [0.1, 0.15) is 0 Å². The van der Waals surface area contributed by atoms with Gasteiger partial charge in [-0.15, -0.1) is 0 Å². The molecule has 7 heavy (non-hydrogen) atoms. The van der Waals surface area contributed by atoms with Gasteiger partial charge < -0.3 is 0 Å². The first-order valence-corrected chi connectivity index (χ1v) is 2.78. The standard InChI is InChI=1S/NO3Te2.HTe/c2-1(3-5)4-6;/h;1H/q+1;. The zero-order valence-corrected chi connectivity index (χ0v) is 10.1. The van der Waals surface area contributed by atoms with Crippen LogP contribution in [-0.2, 0) is 6.40 Å². The van der Waals surface area contributed by atoms with Crippen LogP contribution in [0.5, 0.6) is 0 Å². The molecule has 0 rings (SSSR count). The van der Waals surface area contributed by atoms with Crippen molar-refractivity contribution in [3.05, 3.63) is 4.91 Å². The first-order chi connectivity index (χ1) is 2.81. The summed E-state index contributed by atoms with van der Waals surface area (Å²) in [6.07, 6.45) is 0. The Balaban J connectivity index is 0. The van der Waals surface area contributed by atoms with Crippen molar-refractivity contribution in [2.45, 2.75) is 0 Å². The van der Waals surface area contributed by atoms with Gasteiger partial charge in [0, 0.05) is 0 Å². The summed E-state index contributed by atoms with van der Waals surface area (Å²) >= 11 is 2.32. The van der Waals surface area contributed by atoms with Crippen LogP contribution in [0.2, 0.25) is 0 Å². The molecule has 0 fully saturated rings. The van der Waals surface area contributed by atoms with E-state index in [1.165, 1.54) is 0 Å². The van der Waals surface area contributed by atoms with Crippen molar-refractivity contribution in [1.29, 1.82) is 0 Å². The third-order valence-electron chi connectivity index (χ3n) is 0.122. The summed E-state index contributed by atoms with van der Waals surface area (Å²) in [7, 11) is 0. The normalized spacial score (nSPS) is 6.00. The molecule has 0 unspecified atom stereocenters. The Morgan fingerprint density at radius 1 is 1.29 bits per heavy atom. The Hall–Kier alpha value is 1.57. The molecule has 4 nitrogen and oxygen atoms in total. The van der Waals surface area contributed by atoms with Gasteiger partial charge >= 0.3 is 85.5 Å². The Labute approximate surface area is 84.4 Å². The van der Waals surface area contributed by atoms with Crippen LogP contribution in [0.25, 0.3) is 0 Å². The molecule has 7 heteroatoms. The summed E-state index contributed by atoms with van der Waals surface area (Å²) in [5.74, 6) is 0. The second-order valence-corrected chi connectivity index (χ2v) is 1.22. The Bertz CT molecular complexity index is 48.1. The fourth-order valence-electron chi connectivity index (χ4n) is 0.0124. The molecule has 0 aromatic rings. The number of nitrogens with zero attached hydrogens (tertiary/aromatic N) is 1. The van der Waals surface area contributed by atoms with E-state index < -0.39 is 0 Å². The zero-order chi connectivity index (χ0) is 4.99. The SMILES string of the molecule is O=[N+](O[Te])O[Te].[TeH]. The molecule has 0 aliphatic heterocycles. The van der Waals surface area contributed by atoms with Gasteiger partial charge in [0.25, 0.3) is 0 Å². The first-order valence-electron chi connectivity index (χ1n) is 0.881. The Morgan fingerprint density at radius 3 is 1.57 bits per heavy atom.